The molecule has 1 aliphatic rings. The third-order valence-corrected chi connectivity index (χ3v) is 4.52. The van der Waals surface area contributed by atoms with Crippen molar-refractivity contribution in [1.29, 1.82) is 0 Å². The van der Waals surface area contributed by atoms with E-state index in [-0.39, 0.29) is 36.6 Å². The number of hydrogen-bond donors (Lipinski definition) is 2. The second kappa shape index (κ2) is 8.82. The van der Waals surface area contributed by atoms with Crippen molar-refractivity contribution in [2.75, 3.05) is 25.0 Å². The minimum absolute atomic E-state index is 0. The molecule has 7 heteroatoms. The molecule has 1 fully saturated rings. The molecule has 1 saturated heterocycles. The number of amides is 1. The molecule has 0 bridgehead atoms. The van der Waals surface area contributed by atoms with Gasteiger partial charge in [0.15, 0.2) is 0 Å². The highest BCUT2D eigenvalue weighted by molar-refractivity contribution is 9.10. The van der Waals surface area contributed by atoms with Crippen molar-refractivity contribution in [1.82, 2.24) is 4.90 Å². The largest absolute Gasteiger partial charge is 0.329 e. The lowest BCUT2D eigenvalue weighted by Gasteiger charge is -2.38. The number of nitrogens with two attached hydrogens (primary N) is 1. The molecule has 2 rings (SSSR count). The summed E-state index contributed by atoms with van der Waals surface area (Å²) in [6, 6.07) is 4.81. The van der Waals surface area contributed by atoms with Crippen LogP contribution in [0.4, 0.5) is 10.1 Å². The Labute approximate surface area is 145 Å². The Kier molecular flexibility index (Phi) is 7.76. The van der Waals surface area contributed by atoms with Crippen molar-refractivity contribution in [3.05, 3.63) is 28.5 Å². The van der Waals surface area contributed by atoms with Gasteiger partial charge in [-0.25, -0.2) is 4.39 Å². The minimum atomic E-state index is -0.444. The summed E-state index contributed by atoms with van der Waals surface area (Å²) in [6.07, 6.45) is 2.21. The number of carbonyl (C=O) groups excluding carboxylic acids is 1. The smallest absolute Gasteiger partial charge is 0.238 e. The number of anilines is 1. The standard InChI is InChI=1S/C15H21BrFN3O.ClH/c1-10-3-2-6-20(14(10)8-18)9-15(21)19-13-5-4-11(16)7-12(13)17;/h4-5,7,10,14H,2-3,6,8-9,18H2,1H3,(H,19,21);1H. The van der Waals surface area contributed by atoms with Crippen molar-refractivity contribution in [2.45, 2.75) is 25.8 Å². The van der Waals surface area contributed by atoms with Gasteiger partial charge in [0.1, 0.15) is 5.82 Å². The van der Waals surface area contributed by atoms with Crippen LogP contribution in [0.2, 0.25) is 0 Å². The second-order valence-electron chi connectivity index (χ2n) is 5.57. The molecule has 4 nitrogen and oxygen atoms in total. The zero-order valence-corrected chi connectivity index (χ0v) is 14.9. The number of piperidine rings is 1. The quantitative estimate of drug-likeness (QED) is 0.825. The fourth-order valence-corrected chi connectivity index (χ4v) is 3.21. The summed E-state index contributed by atoms with van der Waals surface area (Å²) >= 11 is 3.19. The molecule has 2 unspecified atom stereocenters. The van der Waals surface area contributed by atoms with Crippen molar-refractivity contribution < 1.29 is 9.18 Å². The van der Waals surface area contributed by atoms with Gasteiger partial charge < -0.3 is 11.1 Å². The van der Waals surface area contributed by atoms with Crippen LogP contribution in [0.15, 0.2) is 22.7 Å². The monoisotopic (exact) mass is 393 g/mol. The second-order valence-corrected chi connectivity index (χ2v) is 6.48. The van der Waals surface area contributed by atoms with Gasteiger partial charge in [-0.05, 0) is 43.5 Å². The van der Waals surface area contributed by atoms with Crippen LogP contribution in [-0.2, 0) is 4.79 Å². The fraction of sp³-hybridized carbons (Fsp3) is 0.533. The van der Waals surface area contributed by atoms with Gasteiger partial charge in [-0.3, -0.25) is 9.69 Å². The molecular formula is C15H22BrClFN3O. The minimum Gasteiger partial charge on any atom is -0.329 e. The zero-order valence-electron chi connectivity index (χ0n) is 12.5. The van der Waals surface area contributed by atoms with Crippen LogP contribution in [0.3, 0.4) is 0 Å². The van der Waals surface area contributed by atoms with Crippen molar-refractivity contribution in [3.63, 3.8) is 0 Å². The Balaban J connectivity index is 0.00000242. The van der Waals surface area contributed by atoms with E-state index in [1.807, 2.05) is 0 Å². The molecule has 0 aromatic heterocycles. The maximum Gasteiger partial charge on any atom is 0.238 e. The van der Waals surface area contributed by atoms with Gasteiger partial charge in [-0.2, -0.15) is 0 Å². The van der Waals surface area contributed by atoms with E-state index in [2.05, 4.69) is 33.1 Å². The Bertz CT molecular complexity index is 518. The molecule has 124 valence electrons. The lowest BCUT2D eigenvalue weighted by molar-refractivity contribution is -0.118. The summed E-state index contributed by atoms with van der Waals surface area (Å²) in [5.41, 5.74) is 6.02. The van der Waals surface area contributed by atoms with Gasteiger partial charge in [0.2, 0.25) is 5.91 Å². The average Bonchev–Trinajstić information content (AvgIpc) is 2.42. The summed E-state index contributed by atoms with van der Waals surface area (Å²) in [5.74, 6) is -0.162. The third-order valence-electron chi connectivity index (χ3n) is 4.02. The first kappa shape index (κ1) is 19.4. The van der Waals surface area contributed by atoms with Crippen LogP contribution in [0, 0.1) is 11.7 Å². The molecule has 0 radical (unpaired) electrons. The number of hydrogen-bond acceptors (Lipinski definition) is 3. The number of rotatable bonds is 4. The summed E-state index contributed by atoms with van der Waals surface area (Å²) in [4.78, 5) is 14.2. The first-order valence-corrected chi connectivity index (χ1v) is 7.99. The van der Waals surface area contributed by atoms with Crippen LogP contribution in [0.25, 0.3) is 0 Å². The number of halogens is 3. The van der Waals surface area contributed by atoms with Gasteiger partial charge >= 0.3 is 0 Å². The number of benzene rings is 1. The molecule has 1 amide bonds. The molecule has 1 aromatic rings. The summed E-state index contributed by atoms with van der Waals surface area (Å²) in [6.45, 7) is 3.82. The Morgan fingerprint density at radius 2 is 2.27 bits per heavy atom. The average molecular weight is 395 g/mol. The van der Waals surface area contributed by atoms with Gasteiger partial charge in [0.05, 0.1) is 12.2 Å². The van der Waals surface area contributed by atoms with Crippen LogP contribution in [0.1, 0.15) is 19.8 Å². The Morgan fingerprint density at radius 1 is 1.55 bits per heavy atom. The molecule has 1 aliphatic heterocycles. The van der Waals surface area contributed by atoms with Gasteiger partial charge in [0, 0.05) is 17.1 Å². The van der Waals surface area contributed by atoms with E-state index in [1.165, 1.54) is 6.07 Å². The number of nitrogens with zero attached hydrogens (tertiary/aromatic N) is 1. The predicted octanol–water partition coefficient (Wildman–Crippen LogP) is 3.01. The highest BCUT2D eigenvalue weighted by Gasteiger charge is 2.28. The normalized spacial score (nSPS) is 22.0. The van der Waals surface area contributed by atoms with Crippen LogP contribution in [0.5, 0.6) is 0 Å². The Hall–Kier alpha value is -0.690. The number of nitrogens with one attached hydrogen (secondary N) is 1. The van der Waals surface area contributed by atoms with Crippen LogP contribution in [-0.4, -0.2) is 36.5 Å². The van der Waals surface area contributed by atoms with E-state index in [1.54, 1.807) is 12.1 Å². The maximum absolute atomic E-state index is 13.7. The highest BCUT2D eigenvalue weighted by Crippen LogP contribution is 2.23. The number of likely N-dealkylation sites (tertiary alicyclic amines) is 1. The van der Waals surface area contributed by atoms with E-state index in [0.717, 1.165) is 19.4 Å². The van der Waals surface area contributed by atoms with E-state index in [9.17, 15) is 9.18 Å². The first-order chi connectivity index (χ1) is 10.0. The zero-order chi connectivity index (χ0) is 15.4. The molecule has 0 saturated carbocycles. The predicted molar refractivity (Wildman–Crippen MR) is 92.8 cm³/mol. The van der Waals surface area contributed by atoms with E-state index in [0.29, 0.717) is 16.9 Å². The lowest BCUT2D eigenvalue weighted by Crippen LogP contribution is -2.51. The van der Waals surface area contributed by atoms with E-state index < -0.39 is 5.82 Å². The van der Waals surface area contributed by atoms with Gasteiger partial charge in [-0.15, -0.1) is 12.4 Å². The molecule has 0 aliphatic carbocycles. The maximum atomic E-state index is 13.7. The molecule has 1 heterocycles. The van der Waals surface area contributed by atoms with Crippen LogP contribution >= 0.6 is 28.3 Å². The summed E-state index contributed by atoms with van der Waals surface area (Å²) in [5, 5.41) is 2.63. The lowest BCUT2D eigenvalue weighted by atomic mass is 9.91. The fourth-order valence-electron chi connectivity index (χ4n) is 2.88. The van der Waals surface area contributed by atoms with Crippen molar-refractivity contribution in [2.24, 2.45) is 11.7 Å². The molecule has 3 N–H and O–H groups in total. The van der Waals surface area contributed by atoms with Gasteiger partial charge in [0.25, 0.3) is 0 Å². The summed E-state index contributed by atoms with van der Waals surface area (Å²) in [7, 11) is 0. The van der Waals surface area contributed by atoms with Crippen molar-refractivity contribution >= 4 is 39.9 Å². The van der Waals surface area contributed by atoms with Gasteiger partial charge in [-0.1, -0.05) is 22.9 Å². The summed E-state index contributed by atoms with van der Waals surface area (Å²) < 4.78 is 14.4. The molecule has 0 spiro atoms. The van der Waals surface area contributed by atoms with Crippen LogP contribution < -0.4 is 11.1 Å². The topological polar surface area (TPSA) is 58.4 Å². The molecule has 1 aromatic carbocycles. The molecule has 2 atom stereocenters. The highest BCUT2D eigenvalue weighted by atomic mass is 79.9. The van der Waals surface area contributed by atoms with Crippen molar-refractivity contribution in [3.8, 4) is 0 Å². The molecular weight excluding hydrogens is 373 g/mol. The third kappa shape index (κ3) is 4.91. The van der Waals surface area contributed by atoms with E-state index in [4.69, 9.17) is 5.73 Å². The SMILES string of the molecule is CC1CCCN(CC(=O)Nc2ccc(Br)cc2F)C1CN.Cl. The Morgan fingerprint density at radius 3 is 2.91 bits per heavy atom. The van der Waals surface area contributed by atoms with E-state index >= 15 is 0 Å². The first-order valence-electron chi connectivity index (χ1n) is 7.20. The number of carbonyl (C=O) groups is 1. The molecule has 22 heavy (non-hydrogen) atoms.